The first kappa shape index (κ1) is 21.4. The van der Waals surface area contributed by atoms with Crippen molar-refractivity contribution in [3.05, 3.63) is 128 Å². The summed E-state index contributed by atoms with van der Waals surface area (Å²) in [6.07, 6.45) is 7.58. The molecule has 0 saturated carbocycles. The lowest BCUT2D eigenvalue weighted by molar-refractivity contribution is 1.32. The van der Waals surface area contributed by atoms with Gasteiger partial charge in [-0.05, 0) is 77.8 Å². The van der Waals surface area contributed by atoms with Gasteiger partial charge in [-0.1, -0.05) is 54.6 Å². The van der Waals surface area contributed by atoms with Crippen molar-refractivity contribution < 1.29 is 0 Å². The number of hydrogen-bond acceptors (Lipinski definition) is 3. The van der Waals surface area contributed by atoms with Gasteiger partial charge in [-0.2, -0.15) is 0 Å². The number of aromatic nitrogens is 4. The van der Waals surface area contributed by atoms with Crippen LogP contribution in [0.1, 0.15) is 0 Å². The van der Waals surface area contributed by atoms with E-state index in [-0.39, 0.29) is 0 Å². The van der Waals surface area contributed by atoms with Crippen LogP contribution in [0.15, 0.2) is 128 Å². The second kappa shape index (κ2) is 8.44. The Balaban J connectivity index is 1.44. The molecule has 38 heavy (non-hydrogen) atoms. The fourth-order valence-electron chi connectivity index (χ4n) is 5.69. The molecule has 178 valence electrons. The first-order chi connectivity index (χ1) is 18.9. The van der Waals surface area contributed by atoms with E-state index in [1.54, 1.807) is 0 Å². The summed E-state index contributed by atoms with van der Waals surface area (Å²) in [5, 5.41) is 9.91. The maximum absolute atomic E-state index is 5.08. The van der Waals surface area contributed by atoms with Gasteiger partial charge in [-0.3, -0.25) is 14.4 Å². The van der Waals surface area contributed by atoms with Gasteiger partial charge in [0, 0.05) is 46.3 Å². The van der Waals surface area contributed by atoms with Crippen LogP contribution in [0.4, 0.5) is 0 Å². The van der Waals surface area contributed by atoms with Crippen molar-refractivity contribution in [3.8, 4) is 0 Å². The minimum absolute atomic E-state index is 0.758. The molecule has 0 spiro atoms. The van der Waals surface area contributed by atoms with Gasteiger partial charge in [-0.15, -0.1) is 0 Å². The quantitative estimate of drug-likeness (QED) is 0.204. The molecule has 5 heteroatoms. The topological polar surface area (TPSA) is 43.1 Å². The summed E-state index contributed by atoms with van der Waals surface area (Å²) in [6.45, 7) is 0. The number of rotatable bonds is 3. The van der Waals surface area contributed by atoms with E-state index in [2.05, 4.69) is 111 Å². The van der Waals surface area contributed by atoms with Gasteiger partial charge in [0.25, 0.3) is 0 Å². The van der Waals surface area contributed by atoms with E-state index in [9.17, 15) is 0 Å². The number of hydrogen-bond donors (Lipinski definition) is 0. The Morgan fingerprint density at radius 1 is 0.553 bits per heavy atom. The Morgan fingerprint density at radius 2 is 1.37 bits per heavy atom. The smallest absolute Gasteiger partial charge is 0.146 e. The zero-order chi connectivity index (χ0) is 25.1. The standard InChI is InChI=1S/C33H21N4P/c1-3-9-30-27(7-1)32-26-14-12-24(38(23-15-18-34-19-16-23)25-6-5-17-35-21-25)20-22(26)11-13-28(32)33-36-29-8-2-4-10-31(29)37(30)33/h1-21H. The third-order valence-corrected chi connectivity index (χ3v) is 9.69. The molecule has 0 aliphatic rings. The molecule has 8 rings (SSSR count). The van der Waals surface area contributed by atoms with E-state index in [1.807, 2.05) is 30.9 Å². The van der Waals surface area contributed by atoms with E-state index < -0.39 is 7.92 Å². The van der Waals surface area contributed by atoms with Gasteiger partial charge in [-0.25, -0.2) is 4.98 Å². The van der Waals surface area contributed by atoms with Crippen LogP contribution in [0.25, 0.3) is 49.1 Å². The molecule has 1 unspecified atom stereocenters. The summed E-state index contributed by atoms with van der Waals surface area (Å²) in [7, 11) is -0.758. The minimum Gasteiger partial charge on any atom is -0.292 e. The first-order valence-electron chi connectivity index (χ1n) is 12.6. The molecular formula is C33H21N4P. The normalized spacial score (nSPS) is 12.6. The van der Waals surface area contributed by atoms with E-state index in [4.69, 9.17) is 4.98 Å². The molecule has 0 N–H and O–H groups in total. The highest BCUT2D eigenvalue weighted by Gasteiger charge is 2.19. The van der Waals surface area contributed by atoms with E-state index in [1.165, 1.54) is 48.4 Å². The fraction of sp³-hybridized carbons (Fsp3) is 0. The Bertz CT molecular complexity index is 2100. The maximum atomic E-state index is 5.08. The van der Waals surface area contributed by atoms with Crippen molar-refractivity contribution in [1.29, 1.82) is 0 Å². The van der Waals surface area contributed by atoms with Gasteiger partial charge in [0.15, 0.2) is 0 Å². The Morgan fingerprint density at radius 3 is 2.24 bits per heavy atom. The molecule has 0 aliphatic heterocycles. The lowest BCUT2D eigenvalue weighted by Crippen LogP contribution is -2.21. The third kappa shape index (κ3) is 3.17. The zero-order valence-electron chi connectivity index (χ0n) is 20.4. The average Bonchev–Trinajstić information content (AvgIpc) is 3.38. The summed E-state index contributed by atoms with van der Waals surface area (Å²) < 4.78 is 2.30. The van der Waals surface area contributed by atoms with Crippen molar-refractivity contribution in [2.45, 2.75) is 0 Å². The van der Waals surface area contributed by atoms with Crippen LogP contribution >= 0.6 is 7.92 Å². The molecule has 0 saturated heterocycles. The zero-order valence-corrected chi connectivity index (χ0v) is 21.3. The monoisotopic (exact) mass is 504 g/mol. The lowest BCUT2D eigenvalue weighted by Gasteiger charge is -2.19. The highest BCUT2D eigenvalue weighted by atomic mass is 31.1. The maximum Gasteiger partial charge on any atom is 0.146 e. The molecular weight excluding hydrogens is 483 g/mol. The predicted molar refractivity (Wildman–Crippen MR) is 160 cm³/mol. The number of nitrogens with zero attached hydrogens (tertiary/aromatic N) is 4. The SMILES string of the molecule is c1cncc(P(c2ccncc2)c2ccc3c(ccc4c3c3ccccc3n3c5ccccc5nc43)c2)c1. The van der Waals surface area contributed by atoms with Crippen LogP contribution < -0.4 is 15.9 Å². The van der Waals surface area contributed by atoms with Crippen molar-refractivity contribution in [2.24, 2.45) is 0 Å². The summed E-state index contributed by atoms with van der Waals surface area (Å²) in [5.74, 6) is 0. The Kier molecular flexibility index (Phi) is 4.76. The second-order valence-electron chi connectivity index (χ2n) is 9.42. The molecule has 4 heterocycles. The van der Waals surface area contributed by atoms with Crippen LogP contribution in [-0.4, -0.2) is 19.4 Å². The van der Waals surface area contributed by atoms with Crippen LogP contribution in [0.2, 0.25) is 0 Å². The van der Waals surface area contributed by atoms with Gasteiger partial charge >= 0.3 is 0 Å². The van der Waals surface area contributed by atoms with Gasteiger partial charge in [0.2, 0.25) is 0 Å². The highest BCUT2D eigenvalue weighted by Crippen LogP contribution is 2.38. The summed E-state index contributed by atoms with van der Waals surface area (Å²) in [4.78, 5) is 13.8. The molecule has 0 bridgehead atoms. The van der Waals surface area contributed by atoms with Gasteiger partial charge in [0.05, 0.1) is 16.6 Å². The van der Waals surface area contributed by atoms with Crippen LogP contribution in [0.3, 0.4) is 0 Å². The molecule has 4 aromatic heterocycles. The van der Waals surface area contributed by atoms with Crippen LogP contribution in [-0.2, 0) is 0 Å². The molecule has 4 nitrogen and oxygen atoms in total. The predicted octanol–water partition coefficient (Wildman–Crippen LogP) is 6.50. The average molecular weight is 505 g/mol. The van der Waals surface area contributed by atoms with E-state index in [0.717, 1.165) is 16.7 Å². The molecule has 0 fully saturated rings. The summed E-state index contributed by atoms with van der Waals surface area (Å²) in [5.41, 5.74) is 4.32. The first-order valence-corrected chi connectivity index (χ1v) is 14.0. The van der Waals surface area contributed by atoms with Gasteiger partial charge in [0.1, 0.15) is 5.65 Å². The van der Waals surface area contributed by atoms with Crippen molar-refractivity contribution in [2.75, 3.05) is 0 Å². The third-order valence-electron chi connectivity index (χ3n) is 7.30. The van der Waals surface area contributed by atoms with Gasteiger partial charge < -0.3 is 0 Å². The fourth-order valence-corrected chi connectivity index (χ4v) is 7.92. The second-order valence-corrected chi connectivity index (χ2v) is 11.6. The van der Waals surface area contributed by atoms with E-state index in [0.29, 0.717) is 0 Å². The summed E-state index contributed by atoms with van der Waals surface area (Å²) >= 11 is 0. The molecule has 1 atom stereocenters. The van der Waals surface area contributed by atoms with Crippen molar-refractivity contribution in [3.63, 3.8) is 0 Å². The largest absolute Gasteiger partial charge is 0.292 e. The molecule has 8 aromatic rings. The lowest BCUT2D eigenvalue weighted by atomic mass is 9.99. The Hall–Kier alpha value is -4.66. The minimum atomic E-state index is -0.758. The number of para-hydroxylation sites is 3. The van der Waals surface area contributed by atoms with Crippen LogP contribution in [0.5, 0.6) is 0 Å². The van der Waals surface area contributed by atoms with Crippen LogP contribution in [0, 0.1) is 0 Å². The molecule has 0 aliphatic carbocycles. The molecule has 0 radical (unpaired) electrons. The Labute approximate surface area is 220 Å². The molecule has 4 aromatic carbocycles. The number of fused-ring (bicyclic) bond motifs is 10. The van der Waals surface area contributed by atoms with E-state index >= 15 is 0 Å². The summed E-state index contributed by atoms with van der Waals surface area (Å²) in [6, 6.07) is 36.9. The van der Waals surface area contributed by atoms with Crippen molar-refractivity contribution >= 4 is 73.0 Å². The number of imidazole rings is 1. The number of pyridine rings is 3. The highest BCUT2D eigenvalue weighted by molar-refractivity contribution is 7.79. The molecule has 0 amide bonds. The van der Waals surface area contributed by atoms with Crippen molar-refractivity contribution in [1.82, 2.24) is 19.4 Å². The number of benzene rings is 4.